The molecule has 0 fully saturated rings. The Bertz CT molecular complexity index is 262. The number of ether oxygens (including phenoxy) is 2. The van der Waals surface area contributed by atoms with E-state index in [4.69, 9.17) is 20.9 Å². The first-order valence-electron chi connectivity index (χ1n) is 6.62. The molecule has 0 bridgehead atoms. The predicted octanol–water partition coefficient (Wildman–Crippen LogP) is 0.000500. The van der Waals surface area contributed by atoms with Crippen molar-refractivity contribution in [1.29, 1.82) is 0 Å². The Kier molecular flexibility index (Phi) is 8.17. The van der Waals surface area contributed by atoms with E-state index in [9.17, 15) is 4.79 Å². The van der Waals surface area contributed by atoms with Gasteiger partial charge < -0.3 is 26.3 Å². The van der Waals surface area contributed by atoms with Gasteiger partial charge >= 0.3 is 0 Å². The largest absolute Gasteiger partial charge is 0.378 e. The molecule has 0 heterocycles. The third-order valence-electron chi connectivity index (χ3n) is 2.24. The lowest BCUT2D eigenvalue weighted by atomic mass is 9.88. The van der Waals surface area contributed by atoms with Crippen molar-refractivity contribution in [3.63, 3.8) is 0 Å². The monoisotopic (exact) mass is 275 g/mol. The van der Waals surface area contributed by atoms with Crippen molar-refractivity contribution in [2.24, 2.45) is 11.5 Å². The summed E-state index contributed by atoms with van der Waals surface area (Å²) in [5.74, 6) is -0.145. The summed E-state index contributed by atoms with van der Waals surface area (Å²) in [6, 6.07) is 0. The third kappa shape index (κ3) is 12.1. The zero-order chi connectivity index (χ0) is 14.9. The molecule has 0 aliphatic carbocycles. The number of amides is 1. The molecular formula is C13H29N3O3. The van der Waals surface area contributed by atoms with Crippen molar-refractivity contribution < 1.29 is 14.3 Å². The number of hydrogen-bond donors (Lipinski definition) is 3. The molecule has 6 nitrogen and oxygen atoms in total. The van der Waals surface area contributed by atoms with Gasteiger partial charge in [-0.2, -0.15) is 0 Å². The molecule has 19 heavy (non-hydrogen) atoms. The molecule has 114 valence electrons. The standard InChI is InChI=1S/C13H29N3O3/c1-12(2,15)10-13(3,4)16-11(17)9-19-8-7-18-6-5-14/h5-10,14-15H2,1-4H3,(H,16,17). The van der Waals surface area contributed by atoms with Gasteiger partial charge in [0.05, 0.1) is 19.8 Å². The van der Waals surface area contributed by atoms with Crippen LogP contribution in [0.4, 0.5) is 0 Å². The summed E-state index contributed by atoms with van der Waals surface area (Å²) in [4.78, 5) is 11.7. The molecule has 0 aromatic heterocycles. The average molecular weight is 275 g/mol. The molecule has 0 saturated carbocycles. The summed E-state index contributed by atoms with van der Waals surface area (Å²) in [7, 11) is 0. The minimum atomic E-state index is -0.352. The van der Waals surface area contributed by atoms with Gasteiger partial charge in [0.25, 0.3) is 0 Å². The summed E-state index contributed by atoms with van der Waals surface area (Å²) < 4.78 is 10.3. The van der Waals surface area contributed by atoms with Crippen LogP contribution in [0.3, 0.4) is 0 Å². The SMILES string of the molecule is CC(C)(N)CC(C)(C)NC(=O)COCCOCCN. The topological polar surface area (TPSA) is 99.6 Å². The maximum absolute atomic E-state index is 11.7. The lowest BCUT2D eigenvalue weighted by Gasteiger charge is -2.33. The predicted molar refractivity (Wildman–Crippen MR) is 75.8 cm³/mol. The van der Waals surface area contributed by atoms with Gasteiger partial charge in [0, 0.05) is 17.6 Å². The molecule has 0 rings (SSSR count). The van der Waals surface area contributed by atoms with Gasteiger partial charge in [-0.15, -0.1) is 0 Å². The van der Waals surface area contributed by atoms with Gasteiger partial charge in [-0.1, -0.05) is 0 Å². The third-order valence-corrected chi connectivity index (χ3v) is 2.24. The number of rotatable bonds is 10. The highest BCUT2D eigenvalue weighted by Gasteiger charge is 2.27. The molecule has 0 aliphatic rings. The normalized spacial score (nSPS) is 12.5. The minimum absolute atomic E-state index is 0.0282. The molecule has 0 aliphatic heterocycles. The van der Waals surface area contributed by atoms with Gasteiger partial charge in [0.15, 0.2) is 0 Å². The average Bonchev–Trinajstić information content (AvgIpc) is 2.18. The molecule has 1 amide bonds. The maximum Gasteiger partial charge on any atom is 0.246 e. The fourth-order valence-corrected chi connectivity index (χ4v) is 2.06. The second kappa shape index (κ2) is 8.47. The summed E-state index contributed by atoms with van der Waals surface area (Å²) in [5.41, 5.74) is 10.5. The number of nitrogens with one attached hydrogen (secondary N) is 1. The van der Waals surface area contributed by atoms with Crippen LogP contribution in [0.5, 0.6) is 0 Å². The molecule has 0 unspecified atom stereocenters. The van der Waals surface area contributed by atoms with Crippen LogP contribution in [0, 0.1) is 0 Å². The van der Waals surface area contributed by atoms with Crippen LogP contribution in [0.15, 0.2) is 0 Å². The Morgan fingerprint density at radius 1 is 1.11 bits per heavy atom. The smallest absolute Gasteiger partial charge is 0.246 e. The summed E-state index contributed by atoms with van der Waals surface area (Å²) in [5, 5.41) is 2.91. The number of carbonyl (C=O) groups is 1. The Morgan fingerprint density at radius 3 is 2.21 bits per heavy atom. The minimum Gasteiger partial charge on any atom is -0.378 e. The van der Waals surface area contributed by atoms with Crippen LogP contribution in [-0.4, -0.2) is 50.0 Å². The molecule has 0 saturated heterocycles. The summed E-state index contributed by atoms with van der Waals surface area (Å²) in [6.07, 6.45) is 0.686. The molecular weight excluding hydrogens is 246 g/mol. The number of nitrogens with two attached hydrogens (primary N) is 2. The zero-order valence-electron chi connectivity index (χ0n) is 12.6. The Morgan fingerprint density at radius 2 is 1.68 bits per heavy atom. The van der Waals surface area contributed by atoms with Crippen LogP contribution >= 0.6 is 0 Å². The first-order valence-corrected chi connectivity index (χ1v) is 6.62. The van der Waals surface area contributed by atoms with Gasteiger partial charge in [0.2, 0.25) is 5.91 Å². The molecule has 5 N–H and O–H groups in total. The first-order chi connectivity index (χ1) is 8.66. The van der Waals surface area contributed by atoms with Gasteiger partial charge in [0.1, 0.15) is 6.61 Å². The van der Waals surface area contributed by atoms with Crippen molar-refractivity contribution in [2.75, 3.05) is 33.0 Å². The molecule has 0 aromatic rings. The summed E-state index contributed by atoms with van der Waals surface area (Å²) >= 11 is 0. The van der Waals surface area contributed by atoms with E-state index in [-0.39, 0.29) is 23.6 Å². The van der Waals surface area contributed by atoms with E-state index in [1.807, 2.05) is 27.7 Å². The van der Waals surface area contributed by atoms with Crippen LogP contribution in [-0.2, 0) is 14.3 Å². The van der Waals surface area contributed by atoms with Crippen molar-refractivity contribution in [3.8, 4) is 0 Å². The van der Waals surface area contributed by atoms with E-state index >= 15 is 0 Å². The number of hydrogen-bond acceptors (Lipinski definition) is 5. The Labute approximate surface area is 116 Å². The van der Waals surface area contributed by atoms with Crippen LogP contribution in [0.2, 0.25) is 0 Å². The van der Waals surface area contributed by atoms with E-state index in [1.165, 1.54) is 0 Å². The maximum atomic E-state index is 11.7. The van der Waals surface area contributed by atoms with E-state index in [2.05, 4.69) is 5.32 Å². The Hall–Kier alpha value is -0.690. The van der Waals surface area contributed by atoms with E-state index < -0.39 is 0 Å². The second-order valence-electron chi connectivity index (χ2n) is 6.05. The van der Waals surface area contributed by atoms with Crippen LogP contribution in [0.25, 0.3) is 0 Å². The second-order valence-corrected chi connectivity index (χ2v) is 6.05. The van der Waals surface area contributed by atoms with Gasteiger partial charge in [-0.3, -0.25) is 4.79 Å². The van der Waals surface area contributed by atoms with Crippen LogP contribution in [0.1, 0.15) is 34.1 Å². The number of carbonyl (C=O) groups excluding carboxylic acids is 1. The fourth-order valence-electron chi connectivity index (χ4n) is 2.06. The molecule has 0 radical (unpaired) electrons. The zero-order valence-corrected chi connectivity index (χ0v) is 12.6. The first kappa shape index (κ1) is 18.3. The van der Waals surface area contributed by atoms with Gasteiger partial charge in [-0.25, -0.2) is 0 Å². The lowest BCUT2D eigenvalue weighted by Crippen LogP contribution is -2.51. The van der Waals surface area contributed by atoms with Crippen molar-refractivity contribution in [3.05, 3.63) is 0 Å². The fraction of sp³-hybridized carbons (Fsp3) is 0.923. The molecule has 6 heteroatoms. The molecule has 0 spiro atoms. The Balaban J connectivity index is 3.79. The molecule has 0 atom stereocenters. The highest BCUT2D eigenvalue weighted by molar-refractivity contribution is 5.77. The lowest BCUT2D eigenvalue weighted by molar-refractivity contribution is -0.128. The highest BCUT2D eigenvalue weighted by atomic mass is 16.5. The van der Waals surface area contributed by atoms with E-state index in [0.717, 1.165) is 0 Å². The van der Waals surface area contributed by atoms with Crippen molar-refractivity contribution >= 4 is 5.91 Å². The molecule has 0 aromatic carbocycles. The van der Waals surface area contributed by atoms with E-state index in [0.29, 0.717) is 32.8 Å². The van der Waals surface area contributed by atoms with Crippen molar-refractivity contribution in [1.82, 2.24) is 5.32 Å². The van der Waals surface area contributed by atoms with E-state index in [1.54, 1.807) is 0 Å². The van der Waals surface area contributed by atoms with Crippen LogP contribution < -0.4 is 16.8 Å². The quantitative estimate of drug-likeness (QED) is 0.487. The van der Waals surface area contributed by atoms with Gasteiger partial charge in [-0.05, 0) is 34.1 Å². The summed E-state index contributed by atoms with van der Waals surface area (Å²) in [6.45, 7) is 9.63. The van der Waals surface area contributed by atoms with Crippen molar-refractivity contribution in [2.45, 2.75) is 45.2 Å². The highest BCUT2D eigenvalue weighted by Crippen LogP contribution is 2.17.